The molecule has 1 saturated carbocycles. The molecule has 4 rings (SSSR count). The zero-order valence-electron chi connectivity index (χ0n) is 14.9. The van der Waals surface area contributed by atoms with Gasteiger partial charge in [-0.15, -0.1) is 0 Å². The Morgan fingerprint density at radius 3 is 2.44 bits per heavy atom. The first-order valence-electron chi connectivity index (χ1n) is 9.33. The molecule has 1 aromatic rings. The monoisotopic (exact) mass is 391 g/mol. The van der Waals surface area contributed by atoms with Crippen molar-refractivity contribution in [2.45, 2.75) is 38.1 Å². The van der Waals surface area contributed by atoms with Gasteiger partial charge in [-0.3, -0.25) is 9.59 Å². The summed E-state index contributed by atoms with van der Waals surface area (Å²) < 4.78 is 0. The maximum absolute atomic E-state index is 12.6. The van der Waals surface area contributed by atoms with Crippen molar-refractivity contribution in [1.29, 1.82) is 0 Å². The van der Waals surface area contributed by atoms with Crippen LogP contribution in [0, 0.1) is 11.3 Å². The number of aliphatic carboxylic acids is 1. The molecule has 27 heavy (non-hydrogen) atoms. The maximum Gasteiger partial charge on any atom is 0.326 e. The fraction of sp³-hybridized carbons (Fsp3) is 0.579. The van der Waals surface area contributed by atoms with Crippen LogP contribution in [0.15, 0.2) is 18.3 Å². The molecule has 3 fully saturated rings. The van der Waals surface area contributed by atoms with Crippen LogP contribution in [0.2, 0.25) is 5.02 Å². The molecule has 1 spiro atoms. The van der Waals surface area contributed by atoms with Crippen molar-refractivity contribution in [3.8, 4) is 0 Å². The minimum atomic E-state index is -0.926. The fourth-order valence-electron chi connectivity index (χ4n) is 4.28. The number of pyridine rings is 1. The molecule has 1 aromatic heterocycles. The number of carbonyl (C=O) groups excluding carboxylic acids is 2. The molecule has 0 bridgehead atoms. The average molecular weight is 392 g/mol. The molecule has 1 unspecified atom stereocenters. The third-order valence-electron chi connectivity index (χ3n) is 6.06. The van der Waals surface area contributed by atoms with E-state index in [1.807, 2.05) is 0 Å². The van der Waals surface area contributed by atoms with Crippen LogP contribution in [0.1, 0.15) is 42.6 Å². The van der Waals surface area contributed by atoms with Gasteiger partial charge in [0.25, 0.3) is 5.91 Å². The van der Waals surface area contributed by atoms with Gasteiger partial charge in [0.15, 0.2) is 0 Å². The van der Waals surface area contributed by atoms with E-state index in [4.69, 9.17) is 11.6 Å². The number of carboxylic acids is 1. The van der Waals surface area contributed by atoms with Crippen LogP contribution in [-0.4, -0.2) is 63.4 Å². The summed E-state index contributed by atoms with van der Waals surface area (Å²) in [5, 5.41) is 10.1. The highest BCUT2D eigenvalue weighted by Crippen LogP contribution is 2.45. The number of nitrogens with zero attached hydrogens (tertiary/aromatic N) is 3. The number of piperidine rings is 1. The molecule has 3 heterocycles. The summed E-state index contributed by atoms with van der Waals surface area (Å²) in [6, 6.07) is 2.52. The third-order valence-corrected chi connectivity index (χ3v) is 6.28. The summed E-state index contributed by atoms with van der Waals surface area (Å²) in [4.78, 5) is 44.2. The lowest BCUT2D eigenvalue weighted by atomic mass is 9.76. The fourth-order valence-corrected chi connectivity index (χ4v) is 4.40. The SMILES string of the molecule is O=C(O)C1CC2(CCN(C(=O)c3ccc(Cl)cn3)CC2)CN1C(=O)C1CC1. The maximum atomic E-state index is 12.6. The first-order valence-corrected chi connectivity index (χ1v) is 9.70. The second-order valence-corrected chi connectivity index (χ2v) is 8.39. The summed E-state index contributed by atoms with van der Waals surface area (Å²) in [5.74, 6) is -1.06. The quantitative estimate of drug-likeness (QED) is 0.851. The van der Waals surface area contributed by atoms with Crippen LogP contribution in [0.3, 0.4) is 0 Å². The molecule has 0 radical (unpaired) electrons. The Morgan fingerprint density at radius 1 is 1.19 bits per heavy atom. The van der Waals surface area contributed by atoms with Crippen molar-refractivity contribution in [2.75, 3.05) is 19.6 Å². The van der Waals surface area contributed by atoms with E-state index in [-0.39, 0.29) is 23.1 Å². The second kappa shape index (κ2) is 6.78. The van der Waals surface area contributed by atoms with E-state index in [1.54, 1.807) is 21.9 Å². The first-order chi connectivity index (χ1) is 12.9. The first kappa shape index (κ1) is 18.2. The van der Waals surface area contributed by atoms with Gasteiger partial charge < -0.3 is 14.9 Å². The smallest absolute Gasteiger partial charge is 0.326 e. The number of rotatable bonds is 3. The largest absolute Gasteiger partial charge is 0.480 e. The molecule has 144 valence electrons. The van der Waals surface area contributed by atoms with Gasteiger partial charge in [-0.1, -0.05) is 11.6 Å². The van der Waals surface area contributed by atoms with Gasteiger partial charge in [0.1, 0.15) is 11.7 Å². The Labute approximate surface area is 162 Å². The Balaban J connectivity index is 1.43. The molecule has 0 aromatic carbocycles. The van der Waals surface area contributed by atoms with Crippen LogP contribution in [-0.2, 0) is 9.59 Å². The molecular weight excluding hydrogens is 370 g/mol. The number of hydrogen-bond acceptors (Lipinski definition) is 4. The standard InChI is InChI=1S/C19H22ClN3O4/c20-13-3-4-14(21-10-13)17(25)22-7-5-19(6-8-22)9-15(18(26)27)23(11-19)16(24)12-1-2-12/h3-4,10,12,15H,1-2,5-9,11H2,(H,26,27). The molecule has 7 nitrogen and oxygen atoms in total. The van der Waals surface area contributed by atoms with E-state index in [0.29, 0.717) is 49.6 Å². The van der Waals surface area contributed by atoms with Gasteiger partial charge in [-0.05, 0) is 49.7 Å². The van der Waals surface area contributed by atoms with Crippen molar-refractivity contribution in [1.82, 2.24) is 14.8 Å². The average Bonchev–Trinajstić information content (AvgIpc) is 3.44. The number of carboxylic acid groups (broad SMARTS) is 1. The van der Waals surface area contributed by atoms with Crippen LogP contribution >= 0.6 is 11.6 Å². The van der Waals surface area contributed by atoms with Gasteiger partial charge in [0.05, 0.1) is 5.02 Å². The van der Waals surface area contributed by atoms with Gasteiger partial charge in [0, 0.05) is 31.7 Å². The van der Waals surface area contributed by atoms with Gasteiger partial charge in [-0.25, -0.2) is 9.78 Å². The molecule has 2 saturated heterocycles. The molecule has 2 aliphatic heterocycles. The topological polar surface area (TPSA) is 90.8 Å². The number of likely N-dealkylation sites (tertiary alicyclic amines) is 2. The minimum Gasteiger partial charge on any atom is -0.480 e. The Bertz CT molecular complexity index is 770. The van der Waals surface area contributed by atoms with E-state index in [9.17, 15) is 19.5 Å². The van der Waals surface area contributed by atoms with Crippen LogP contribution in [0.5, 0.6) is 0 Å². The molecule has 1 atom stereocenters. The number of carbonyl (C=O) groups is 3. The second-order valence-electron chi connectivity index (χ2n) is 7.95. The Hall–Kier alpha value is -2.15. The minimum absolute atomic E-state index is 0.0110. The lowest BCUT2D eigenvalue weighted by Gasteiger charge is -2.39. The predicted molar refractivity (Wildman–Crippen MR) is 97.3 cm³/mol. The summed E-state index contributed by atoms with van der Waals surface area (Å²) in [7, 11) is 0. The molecule has 2 amide bonds. The molecule has 3 aliphatic rings. The van der Waals surface area contributed by atoms with E-state index in [2.05, 4.69) is 4.98 Å². The highest BCUT2D eigenvalue weighted by Gasteiger charge is 2.52. The normalized spacial score (nSPS) is 24.3. The number of hydrogen-bond donors (Lipinski definition) is 1. The summed E-state index contributed by atoms with van der Waals surface area (Å²) in [6.45, 7) is 1.57. The van der Waals surface area contributed by atoms with Crippen molar-refractivity contribution in [3.63, 3.8) is 0 Å². The number of halogens is 1. The van der Waals surface area contributed by atoms with Crippen molar-refractivity contribution >= 4 is 29.4 Å². The summed E-state index contributed by atoms with van der Waals surface area (Å²) >= 11 is 5.82. The van der Waals surface area contributed by atoms with Gasteiger partial charge >= 0.3 is 5.97 Å². The summed E-state index contributed by atoms with van der Waals surface area (Å²) in [5.41, 5.74) is 0.147. The number of aromatic nitrogens is 1. The van der Waals surface area contributed by atoms with Crippen LogP contribution in [0.4, 0.5) is 0 Å². The predicted octanol–water partition coefficient (Wildman–Crippen LogP) is 2.05. The van der Waals surface area contributed by atoms with Crippen molar-refractivity contribution < 1.29 is 19.5 Å². The van der Waals surface area contributed by atoms with Crippen molar-refractivity contribution in [2.24, 2.45) is 11.3 Å². The third kappa shape index (κ3) is 3.52. The highest BCUT2D eigenvalue weighted by molar-refractivity contribution is 6.30. The van der Waals surface area contributed by atoms with Crippen LogP contribution < -0.4 is 0 Å². The van der Waals surface area contributed by atoms with Crippen LogP contribution in [0.25, 0.3) is 0 Å². The highest BCUT2D eigenvalue weighted by atomic mass is 35.5. The van der Waals surface area contributed by atoms with Gasteiger partial charge in [0.2, 0.25) is 5.91 Å². The van der Waals surface area contributed by atoms with E-state index < -0.39 is 12.0 Å². The zero-order chi connectivity index (χ0) is 19.2. The Morgan fingerprint density at radius 2 is 1.89 bits per heavy atom. The lowest BCUT2D eigenvalue weighted by molar-refractivity contribution is -0.148. The van der Waals surface area contributed by atoms with E-state index in [1.165, 1.54) is 6.20 Å². The molecule has 1 N–H and O–H groups in total. The Kier molecular flexibility index (Phi) is 4.58. The van der Waals surface area contributed by atoms with E-state index in [0.717, 1.165) is 12.8 Å². The zero-order valence-corrected chi connectivity index (χ0v) is 15.7. The summed E-state index contributed by atoms with van der Waals surface area (Å²) in [6.07, 6.45) is 5.06. The van der Waals surface area contributed by atoms with Gasteiger partial charge in [-0.2, -0.15) is 0 Å². The molecule has 8 heteroatoms. The van der Waals surface area contributed by atoms with Crippen molar-refractivity contribution in [3.05, 3.63) is 29.0 Å². The lowest BCUT2D eigenvalue weighted by Crippen LogP contribution is -2.45. The van der Waals surface area contributed by atoms with E-state index >= 15 is 0 Å². The number of amides is 2. The molecule has 1 aliphatic carbocycles. The molecular formula is C19H22ClN3O4.